The third-order valence-electron chi connectivity index (χ3n) is 4.55. The van der Waals surface area contributed by atoms with Crippen LogP contribution in [0.5, 0.6) is 0 Å². The summed E-state index contributed by atoms with van der Waals surface area (Å²) in [6.07, 6.45) is 2.90. The van der Waals surface area contributed by atoms with E-state index in [1.807, 2.05) is 17.0 Å². The summed E-state index contributed by atoms with van der Waals surface area (Å²) in [4.78, 5) is 25.6. The maximum atomic E-state index is 12.5. The van der Waals surface area contributed by atoms with E-state index in [-0.39, 0.29) is 11.6 Å². The average Bonchev–Trinajstić information content (AvgIpc) is 2.85. The van der Waals surface area contributed by atoms with Crippen molar-refractivity contribution < 1.29 is 4.79 Å². The molecule has 2 heterocycles. The summed E-state index contributed by atoms with van der Waals surface area (Å²) in [5, 5.41) is 7.54. The van der Waals surface area contributed by atoms with Crippen molar-refractivity contribution in [3.63, 3.8) is 0 Å². The van der Waals surface area contributed by atoms with Gasteiger partial charge in [-0.3, -0.25) is 10.1 Å². The number of carbonyl (C=O) groups is 1. The molecule has 25 heavy (non-hydrogen) atoms. The Balaban J connectivity index is 1.62. The van der Waals surface area contributed by atoms with E-state index in [9.17, 15) is 9.59 Å². The first kappa shape index (κ1) is 17.5. The molecular formula is C18H21ClN4O2. The highest BCUT2D eigenvalue weighted by Crippen LogP contribution is 2.29. The molecule has 7 heteroatoms. The molecule has 1 aromatic heterocycles. The standard InChI is InChI=1S/C18H21ClN4O2/c1-22-17(24)9-8-16(21-22)20-18(25)23-11-2-3-13(10-12-23)14-4-6-15(19)7-5-14/h4-9,13H,2-3,10-12H2,1H3,(H,20,21,25)/t13-/m1/s1. The summed E-state index contributed by atoms with van der Waals surface area (Å²) >= 11 is 5.96. The van der Waals surface area contributed by atoms with Crippen LogP contribution in [0.4, 0.5) is 10.6 Å². The number of nitrogens with zero attached hydrogens (tertiary/aromatic N) is 3. The summed E-state index contributed by atoms with van der Waals surface area (Å²) in [5.74, 6) is 0.816. The van der Waals surface area contributed by atoms with Crippen LogP contribution in [-0.2, 0) is 7.05 Å². The number of amides is 2. The Kier molecular flexibility index (Phi) is 5.38. The van der Waals surface area contributed by atoms with Crippen LogP contribution in [-0.4, -0.2) is 33.8 Å². The van der Waals surface area contributed by atoms with Crippen LogP contribution >= 0.6 is 11.6 Å². The van der Waals surface area contributed by atoms with Crippen molar-refractivity contribution in [2.24, 2.45) is 7.05 Å². The van der Waals surface area contributed by atoms with Crippen molar-refractivity contribution in [2.75, 3.05) is 18.4 Å². The normalized spacial score (nSPS) is 17.8. The number of rotatable bonds is 2. The first-order chi connectivity index (χ1) is 12.0. The average molecular weight is 361 g/mol. The Morgan fingerprint density at radius 3 is 2.64 bits per heavy atom. The molecule has 6 nitrogen and oxygen atoms in total. The Hall–Kier alpha value is -2.34. The van der Waals surface area contributed by atoms with Crippen molar-refractivity contribution in [1.82, 2.24) is 14.7 Å². The van der Waals surface area contributed by atoms with Gasteiger partial charge >= 0.3 is 6.03 Å². The highest BCUT2D eigenvalue weighted by molar-refractivity contribution is 6.30. The molecule has 0 spiro atoms. The number of halogens is 1. The summed E-state index contributed by atoms with van der Waals surface area (Å²) in [5.41, 5.74) is 1.06. The fraction of sp³-hybridized carbons (Fsp3) is 0.389. The maximum Gasteiger partial charge on any atom is 0.323 e. The molecule has 1 atom stereocenters. The predicted molar refractivity (Wildman–Crippen MR) is 98.1 cm³/mol. The molecule has 1 aliphatic rings. The Labute approximate surface area is 151 Å². The maximum absolute atomic E-state index is 12.5. The van der Waals surface area contributed by atoms with E-state index >= 15 is 0 Å². The molecule has 0 aliphatic carbocycles. The predicted octanol–water partition coefficient (Wildman–Crippen LogP) is 3.24. The summed E-state index contributed by atoms with van der Waals surface area (Å²) in [6.45, 7) is 1.40. The minimum Gasteiger partial charge on any atom is -0.324 e. The SMILES string of the molecule is Cn1nc(NC(=O)N2CCC[C@@H](c3ccc(Cl)cc3)CC2)ccc1=O. The van der Waals surface area contributed by atoms with Gasteiger partial charge in [0.15, 0.2) is 5.82 Å². The highest BCUT2D eigenvalue weighted by atomic mass is 35.5. The number of likely N-dealkylation sites (tertiary alicyclic amines) is 1. The molecule has 1 N–H and O–H groups in total. The minimum atomic E-state index is -0.210. The van der Waals surface area contributed by atoms with Crippen molar-refractivity contribution in [2.45, 2.75) is 25.2 Å². The van der Waals surface area contributed by atoms with Crippen LogP contribution in [0.25, 0.3) is 0 Å². The molecule has 3 rings (SSSR count). The number of benzene rings is 1. The smallest absolute Gasteiger partial charge is 0.323 e. The van der Waals surface area contributed by atoms with Crippen LogP contribution in [0.2, 0.25) is 5.02 Å². The quantitative estimate of drug-likeness (QED) is 0.894. The lowest BCUT2D eigenvalue weighted by Gasteiger charge is -2.21. The van der Waals surface area contributed by atoms with E-state index in [0.717, 1.165) is 24.3 Å². The zero-order chi connectivity index (χ0) is 17.8. The topological polar surface area (TPSA) is 67.2 Å². The third kappa shape index (κ3) is 4.39. The monoisotopic (exact) mass is 360 g/mol. The second-order valence-electron chi connectivity index (χ2n) is 6.28. The van der Waals surface area contributed by atoms with E-state index in [2.05, 4.69) is 22.5 Å². The summed E-state index contributed by atoms with van der Waals surface area (Å²) in [6, 6.07) is 10.7. The van der Waals surface area contributed by atoms with Gasteiger partial charge in [-0.2, -0.15) is 5.10 Å². The molecule has 2 aromatic rings. The fourth-order valence-electron chi connectivity index (χ4n) is 3.13. The van der Waals surface area contributed by atoms with Gasteiger partial charge in [0, 0.05) is 31.2 Å². The van der Waals surface area contributed by atoms with Gasteiger partial charge in [-0.05, 0) is 48.9 Å². The molecule has 132 valence electrons. The van der Waals surface area contributed by atoms with Crippen LogP contribution in [0.15, 0.2) is 41.2 Å². The Bertz CT molecular complexity index is 803. The van der Waals surface area contributed by atoms with Gasteiger partial charge in [-0.25, -0.2) is 9.48 Å². The Morgan fingerprint density at radius 1 is 1.16 bits per heavy atom. The van der Waals surface area contributed by atoms with E-state index < -0.39 is 0 Å². The minimum absolute atomic E-state index is 0.178. The largest absolute Gasteiger partial charge is 0.324 e. The third-order valence-corrected chi connectivity index (χ3v) is 4.80. The molecule has 1 saturated heterocycles. The molecule has 0 bridgehead atoms. The van der Waals surface area contributed by atoms with E-state index in [4.69, 9.17) is 11.6 Å². The summed E-state index contributed by atoms with van der Waals surface area (Å²) < 4.78 is 1.20. The van der Waals surface area contributed by atoms with Gasteiger partial charge < -0.3 is 4.90 Å². The lowest BCUT2D eigenvalue weighted by Crippen LogP contribution is -2.36. The number of hydrogen-bond acceptors (Lipinski definition) is 3. The number of carbonyl (C=O) groups excluding carboxylic acids is 1. The number of anilines is 1. The number of urea groups is 1. The van der Waals surface area contributed by atoms with Crippen LogP contribution in [0.1, 0.15) is 30.7 Å². The molecule has 0 saturated carbocycles. The van der Waals surface area contributed by atoms with Gasteiger partial charge in [0.05, 0.1) is 0 Å². The second-order valence-corrected chi connectivity index (χ2v) is 6.71. The molecule has 1 fully saturated rings. The number of aromatic nitrogens is 2. The van der Waals surface area contributed by atoms with Crippen molar-refractivity contribution >= 4 is 23.4 Å². The van der Waals surface area contributed by atoms with Crippen LogP contribution < -0.4 is 10.9 Å². The van der Waals surface area contributed by atoms with Gasteiger partial charge in [0.25, 0.3) is 5.56 Å². The first-order valence-corrected chi connectivity index (χ1v) is 8.76. The number of nitrogens with one attached hydrogen (secondary N) is 1. The molecular weight excluding hydrogens is 340 g/mol. The lowest BCUT2D eigenvalue weighted by atomic mass is 9.92. The lowest BCUT2D eigenvalue weighted by molar-refractivity contribution is 0.213. The summed E-state index contributed by atoms with van der Waals surface area (Å²) in [7, 11) is 1.56. The van der Waals surface area contributed by atoms with Crippen molar-refractivity contribution in [1.29, 1.82) is 0 Å². The second kappa shape index (κ2) is 7.70. The van der Waals surface area contributed by atoms with Crippen LogP contribution in [0.3, 0.4) is 0 Å². The zero-order valence-electron chi connectivity index (χ0n) is 14.1. The van der Waals surface area contributed by atoms with Gasteiger partial charge in [0.1, 0.15) is 0 Å². The van der Waals surface area contributed by atoms with Gasteiger partial charge in [-0.1, -0.05) is 23.7 Å². The van der Waals surface area contributed by atoms with Gasteiger partial charge in [0.2, 0.25) is 0 Å². The van der Waals surface area contributed by atoms with Crippen LogP contribution in [0, 0.1) is 0 Å². The first-order valence-electron chi connectivity index (χ1n) is 8.38. The Morgan fingerprint density at radius 2 is 1.92 bits per heavy atom. The fourth-order valence-corrected chi connectivity index (χ4v) is 3.25. The molecule has 1 aliphatic heterocycles. The van der Waals surface area contributed by atoms with Crippen molar-refractivity contribution in [3.05, 3.63) is 57.3 Å². The molecule has 1 aromatic carbocycles. The molecule has 2 amide bonds. The zero-order valence-corrected chi connectivity index (χ0v) is 14.9. The molecule has 0 unspecified atom stereocenters. The number of hydrogen-bond donors (Lipinski definition) is 1. The number of aryl methyl sites for hydroxylation is 1. The molecule has 0 radical (unpaired) electrons. The highest BCUT2D eigenvalue weighted by Gasteiger charge is 2.22. The van der Waals surface area contributed by atoms with Crippen molar-refractivity contribution in [3.8, 4) is 0 Å². The van der Waals surface area contributed by atoms with E-state index in [1.165, 1.54) is 22.4 Å². The van der Waals surface area contributed by atoms with E-state index in [0.29, 0.717) is 24.8 Å². The van der Waals surface area contributed by atoms with Gasteiger partial charge in [-0.15, -0.1) is 0 Å². The van der Waals surface area contributed by atoms with E-state index in [1.54, 1.807) is 7.05 Å².